The summed E-state index contributed by atoms with van der Waals surface area (Å²) in [6.45, 7) is 7.11. The smallest absolute Gasteiger partial charge is 0.303 e. The van der Waals surface area contributed by atoms with Crippen molar-refractivity contribution < 1.29 is 38.4 Å². The molecule has 1 N–H and O–H groups in total. The van der Waals surface area contributed by atoms with Gasteiger partial charge >= 0.3 is 5.97 Å². The Labute approximate surface area is 198 Å². The van der Waals surface area contributed by atoms with E-state index in [-0.39, 0.29) is 25.4 Å². The van der Waals surface area contributed by atoms with Gasteiger partial charge in [-0.2, -0.15) is 0 Å². The zero-order valence-corrected chi connectivity index (χ0v) is 20.6. The topological polar surface area (TPSA) is 101 Å². The standard InChI is InChI=1S/C23H35BrO8/c1-3-5-20-21(31-10-4-6-22(26)27)8-7-19(18(2)25)23(20)32-17-16-30-15-14-29-13-12-28-11-9-24/h7-8H,3-6,9-17H2,1-2H3,(H,26,27). The van der Waals surface area contributed by atoms with Crippen LogP contribution in [0.25, 0.3) is 0 Å². The number of carbonyl (C=O) groups is 2. The fraction of sp³-hybridized carbons (Fsp3) is 0.652. The Morgan fingerprint density at radius 3 is 2.09 bits per heavy atom. The quantitative estimate of drug-likeness (QED) is 0.157. The summed E-state index contributed by atoms with van der Waals surface area (Å²) < 4.78 is 28.0. The van der Waals surface area contributed by atoms with Gasteiger partial charge < -0.3 is 28.8 Å². The van der Waals surface area contributed by atoms with Crippen LogP contribution in [0, 0.1) is 0 Å². The molecule has 0 aliphatic rings. The van der Waals surface area contributed by atoms with Crippen LogP contribution in [0.15, 0.2) is 12.1 Å². The summed E-state index contributed by atoms with van der Waals surface area (Å²) in [6, 6.07) is 3.44. The Morgan fingerprint density at radius 1 is 0.906 bits per heavy atom. The molecule has 0 saturated heterocycles. The van der Waals surface area contributed by atoms with E-state index in [0.29, 0.717) is 69.5 Å². The summed E-state index contributed by atoms with van der Waals surface area (Å²) in [5.74, 6) is 0.186. The Kier molecular flexibility index (Phi) is 15.8. The van der Waals surface area contributed by atoms with Crippen LogP contribution in [-0.4, -0.2) is 75.0 Å². The molecule has 9 heteroatoms. The summed E-state index contributed by atoms with van der Waals surface area (Å²) in [4.78, 5) is 22.8. The molecular formula is C23H35BrO8. The number of alkyl halides is 1. The maximum absolute atomic E-state index is 12.1. The number of Topliss-reactive ketones (excluding diaryl/α,β-unsaturated/α-hetero) is 1. The van der Waals surface area contributed by atoms with Crippen molar-refractivity contribution in [2.75, 3.05) is 58.2 Å². The van der Waals surface area contributed by atoms with Crippen LogP contribution in [0.3, 0.4) is 0 Å². The second-order valence-corrected chi connectivity index (χ2v) is 7.74. The number of benzene rings is 1. The van der Waals surface area contributed by atoms with Crippen LogP contribution in [-0.2, 0) is 25.4 Å². The first kappa shape index (κ1) is 28.4. The van der Waals surface area contributed by atoms with Crippen molar-refractivity contribution >= 4 is 27.7 Å². The molecule has 0 aromatic heterocycles. The number of halogens is 1. The van der Waals surface area contributed by atoms with E-state index < -0.39 is 5.97 Å². The summed E-state index contributed by atoms with van der Waals surface area (Å²) in [6.07, 6.45) is 1.97. The van der Waals surface area contributed by atoms with E-state index in [1.807, 2.05) is 6.92 Å². The van der Waals surface area contributed by atoms with Gasteiger partial charge in [-0.15, -0.1) is 0 Å². The number of rotatable bonds is 20. The highest BCUT2D eigenvalue weighted by Crippen LogP contribution is 2.34. The van der Waals surface area contributed by atoms with Crippen LogP contribution in [0.1, 0.15) is 49.0 Å². The summed E-state index contributed by atoms with van der Waals surface area (Å²) in [5, 5.41) is 9.59. The number of carbonyl (C=O) groups excluding carboxylic acids is 1. The molecule has 0 radical (unpaired) electrons. The normalized spacial score (nSPS) is 10.8. The highest BCUT2D eigenvalue weighted by Gasteiger charge is 2.18. The fourth-order valence-corrected chi connectivity index (χ4v) is 3.11. The molecular weight excluding hydrogens is 484 g/mol. The molecule has 1 rings (SSSR count). The van der Waals surface area contributed by atoms with Crippen LogP contribution >= 0.6 is 15.9 Å². The molecule has 0 aliphatic carbocycles. The van der Waals surface area contributed by atoms with Crippen molar-refractivity contribution in [2.24, 2.45) is 0 Å². The van der Waals surface area contributed by atoms with E-state index in [0.717, 1.165) is 17.3 Å². The summed E-state index contributed by atoms with van der Waals surface area (Å²) in [5.41, 5.74) is 1.32. The van der Waals surface area contributed by atoms with E-state index >= 15 is 0 Å². The van der Waals surface area contributed by atoms with E-state index in [2.05, 4.69) is 15.9 Å². The minimum Gasteiger partial charge on any atom is -0.493 e. The minimum atomic E-state index is -0.855. The van der Waals surface area contributed by atoms with Gasteiger partial charge in [0, 0.05) is 17.3 Å². The molecule has 0 fully saturated rings. The average molecular weight is 519 g/mol. The maximum atomic E-state index is 12.1. The predicted octanol–water partition coefficient (Wildman–Crippen LogP) is 3.91. The molecule has 182 valence electrons. The molecule has 0 unspecified atom stereocenters. The molecule has 0 heterocycles. The van der Waals surface area contributed by atoms with E-state index in [4.69, 9.17) is 28.8 Å². The lowest BCUT2D eigenvalue weighted by molar-refractivity contribution is -0.137. The molecule has 0 bridgehead atoms. The van der Waals surface area contributed by atoms with Gasteiger partial charge in [0.2, 0.25) is 0 Å². The van der Waals surface area contributed by atoms with Crippen molar-refractivity contribution in [3.05, 3.63) is 23.3 Å². The lowest BCUT2D eigenvalue weighted by Gasteiger charge is -2.18. The van der Waals surface area contributed by atoms with Gasteiger partial charge in [-0.3, -0.25) is 9.59 Å². The van der Waals surface area contributed by atoms with E-state index in [9.17, 15) is 9.59 Å². The zero-order chi connectivity index (χ0) is 23.6. The molecule has 32 heavy (non-hydrogen) atoms. The Balaban J connectivity index is 2.57. The monoisotopic (exact) mass is 518 g/mol. The van der Waals surface area contributed by atoms with Crippen molar-refractivity contribution in [1.29, 1.82) is 0 Å². The largest absolute Gasteiger partial charge is 0.493 e. The SMILES string of the molecule is CCCc1c(OCCCC(=O)O)ccc(C(C)=O)c1OCCOCCOCCOCCBr. The third-order valence-corrected chi connectivity index (χ3v) is 4.65. The molecule has 0 amide bonds. The first-order valence-electron chi connectivity index (χ1n) is 10.9. The Bertz CT molecular complexity index is 680. The van der Waals surface area contributed by atoms with E-state index in [1.165, 1.54) is 6.92 Å². The van der Waals surface area contributed by atoms with Crippen molar-refractivity contribution in [3.8, 4) is 11.5 Å². The third kappa shape index (κ3) is 11.8. The molecule has 1 aromatic rings. The number of carboxylic acids is 1. The van der Waals surface area contributed by atoms with Crippen LogP contribution in [0.2, 0.25) is 0 Å². The number of aliphatic carboxylic acids is 1. The lowest BCUT2D eigenvalue weighted by atomic mass is 10.0. The Hall–Kier alpha value is -1.68. The van der Waals surface area contributed by atoms with E-state index in [1.54, 1.807) is 12.1 Å². The summed E-state index contributed by atoms with van der Waals surface area (Å²) in [7, 11) is 0. The van der Waals surface area contributed by atoms with Crippen molar-refractivity contribution in [1.82, 2.24) is 0 Å². The molecule has 0 spiro atoms. The molecule has 0 aliphatic heterocycles. The molecule has 0 saturated carbocycles. The van der Waals surface area contributed by atoms with Crippen LogP contribution in [0.4, 0.5) is 0 Å². The number of hydrogen-bond acceptors (Lipinski definition) is 7. The van der Waals surface area contributed by atoms with Gasteiger partial charge in [-0.1, -0.05) is 29.3 Å². The van der Waals surface area contributed by atoms with Crippen LogP contribution < -0.4 is 9.47 Å². The maximum Gasteiger partial charge on any atom is 0.303 e. The molecule has 8 nitrogen and oxygen atoms in total. The van der Waals surface area contributed by atoms with Gasteiger partial charge in [0.05, 0.1) is 51.8 Å². The summed E-state index contributed by atoms with van der Waals surface area (Å²) >= 11 is 3.29. The highest BCUT2D eigenvalue weighted by molar-refractivity contribution is 9.09. The number of ketones is 1. The minimum absolute atomic E-state index is 0.0446. The lowest BCUT2D eigenvalue weighted by Crippen LogP contribution is -2.15. The van der Waals surface area contributed by atoms with Crippen molar-refractivity contribution in [3.63, 3.8) is 0 Å². The van der Waals surface area contributed by atoms with Gasteiger partial charge in [-0.25, -0.2) is 0 Å². The molecule has 0 atom stereocenters. The van der Waals surface area contributed by atoms with Crippen molar-refractivity contribution in [2.45, 2.75) is 39.5 Å². The first-order valence-corrected chi connectivity index (χ1v) is 12.1. The highest BCUT2D eigenvalue weighted by atomic mass is 79.9. The number of hydrogen-bond donors (Lipinski definition) is 1. The molecule has 1 aromatic carbocycles. The fourth-order valence-electron chi connectivity index (χ4n) is 2.88. The second kappa shape index (κ2) is 17.8. The first-order chi connectivity index (χ1) is 15.5. The van der Waals surface area contributed by atoms with Gasteiger partial charge in [0.15, 0.2) is 5.78 Å². The van der Waals surface area contributed by atoms with Gasteiger partial charge in [-0.05, 0) is 31.9 Å². The average Bonchev–Trinajstić information content (AvgIpc) is 2.76. The predicted molar refractivity (Wildman–Crippen MR) is 125 cm³/mol. The zero-order valence-electron chi connectivity index (χ0n) is 19.0. The number of ether oxygens (including phenoxy) is 5. The third-order valence-electron chi connectivity index (χ3n) is 4.33. The van der Waals surface area contributed by atoms with Gasteiger partial charge in [0.25, 0.3) is 0 Å². The number of carboxylic acid groups (broad SMARTS) is 1. The van der Waals surface area contributed by atoms with Crippen LogP contribution in [0.5, 0.6) is 11.5 Å². The Morgan fingerprint density at radius 2 is 1.53 bits per heavy atom. The second-order valence-electron chi connectivity index (χ2n) is 6.95. The van der Waals surface area contributed by atoms with Gasteiger partial charge in [0.1, 0.15) is 18.1 Å².